The van der Waals surface area contributed by atoms with Crippen molar-refractivity contribution >= 4 is 23.5 Å². The van der Waals surface area contributed by atoms with Crippen LogP contribution in [0.25, 0.3) is 0 Å². The Balaban J connectivity index is 1.49. The topological polar surface area (TPSA) is 167 Å². The summed E-state index contributed by atoms with van der Waals surface area (Å²) in [4.78, 5) is 53.1. The molecule has 232 valence electrons. The second kappa shape index (κ2) is 14.0. The minimum atomic E-state index is -1.06. The van der Waals surface area contributed by atoms with Gasteiger partial charge in [-0.3, -0.25) is 19.2 Å². The van der Waals surface area contributed by atoms with Crippen LogP contribution in [0.15, 0.2) is 48.5 Å². The number of hydrogen-bond donors (Lipinski definition) is 5. The van der Waals surface area contributed by atoms with Gasteiger partial charge in [0, 0.05) is 12.3 Å². The normalized spacial score (nSPS) is 23.3. The monoisotopic (exact) mass is 595 g/mol. The van der Waals surface area contributed by atoms with Crippen LogP contribution in [-0.4, -0.2) is 77.3 Å². The first-order chi connectivity index (χ1) is 20.5. The number of carbonyl (C=O) groups excluding carboxylic acids is 4. The quantitative estimate of drug-likeness (QED) is 0.218. The number of amides is 3. The van der Waals surface area contributed by atoms with Crippen molar-refractivity contribution in [2.24, 2.45) is 5.92 Å². The van der Waals surface area contributed by atoms with E-state index in [0.29, 0.717) is 31.4 Å². The van der Waals surface area contributed by atoms with Crippen molar-refractivity contribution in [1.29, 1.82) is 0 Å². The minimum absolute atomic E-state index is 0.0812. The van der Waals surface area contributed by atoms with Crippen LogP contribution in [0.2, 0.25) is 0 Å². The molecule has 1 saturated carbocycles. The Bertz CT molecular complexity index is 1280. The van der Waals surface area contributed by atoms with Gasteiger partial charge in [0.15, 0.2) is 5.78 Å². The van der Waals surface area contributed by atoms with Gasteiger partial charge in [0.2, 0.25) is 17.7 Å². The molecule has 1 aliphatic carbocycles. The molecule has 1 heterocycles. The van der Waals surface area contributed by atoms with Gasteiger partial charge in [0.25, 0.3) is 0 Å². The third kappa shape index (κ3) is 8.77. The summed E-state index contributed by atoms with van der Waals surface area (Å²) in [6.07, 6.45) is 2.05. The zero-order chi connectivity index (χ0) is 31.1. The van der Waals surface area contributed by atoms with Crippen LogP contribution < -0.4 is 20.7 Å². The lowest BCUT2D eigenvalue weighted by atomic mass is 9.87. The molecule has 0 spiro atoms. The fraction of sp³-hybridized carbons (Fsp3) is 0.500. The molecule has 0 bridgehead atoms. The Morgan fingerprint density at radius 1 is 0.884 bits per heavy atom. The van der Waals surface area contributed by atoms with Crippen molar-refractivity contribution < 1.29 is 38.9 Å². The van der Waals surface area contributed by atoms with E-state index in [1.165, 1.54) is 12.1 Å². The zero-order valence-corrected chi connectivity index (χ0v) is 24.8. The highest BCUT2D eigenvalue weighted by atomic mass is 16.6. The molecule has 43 heavy (non-hydrogen) atoms. The number of aromatic hydroxyl groups is 1. The Morgan fingerprint density at radius 3 is 1.98 bits per heavy atom. The molecule has 2 aromatic carbocycles. The number of ether oxygens (including phenoxy) is 2. The van der Waals surface area contributed by atoms with Gasteiger partial charge in [-0.15, -0.1) is 0 Å². The predicted molar refractivity (Wildman–Crippen MR) is 157 cm³/mol. The maximum absolute atomic E-state index is 13.7. The number of benzene rings is 2. The van der Waals surface area contributed by atoms with Crippen LogP contribution in [0.4, 0.5) is 0 Å². The smallest absolute Gasteiger partial charge is 0.243 e. The second-order valence-corrected chi connectivity index (χ2v) is 11.7. The summed E-state index contributed by atoms with van der Waals surface area (Å²) in [5.41, 5.74) is 0.470. The molecule has 5 N–H and O–H groups in total. The second-order valence-electron chi connectivity index (χ2n) is 11.7. The van der Waals surface area contributed by atoms with E-state index in [-0.39, 0.29) is 42.8 Å². The molecule has 2 aliphatic rings. The fourth-order valence-corrected chi connectivity index (χ4v) is 5.21. The van der Waals surface area contributed by atoms with Crippen molar-refractivity contribution in [3.8, 4) is 11.5 Å². The molecule has 2 aromatic rings. The van der Waals surface area contributed by atoms with E-state index in [9.17, 15) is 29.4 Å². The number of carbonyl (C=O) groups is 4. The average Bonchev–Trinajstić information content (AvgIpc) is 3.75. The Hall–Kier alpha value is -3.96. The van der Waals surface area contributed by atoms with E-state index >= 15 is 0 Å². The molecule has 11 heteroatoms. The van der Waals surface area contributed by atoms with Crippen molar-refractivity contribution in [3.05, 3.63) is 59.7 Å². The number of Topliss-reactive ketones (excluding diaryl/α,β-unsaturated/α-hetero) is 1. The fourth-order valence-electron chi connectivity index (χ4n) is 5.21. The Kier molecular flexibility index (Phi) is 10.4. The van der Waals surface area contributed by atoms with Crippen molar-refractivity contribution in [3.63, 3.8) is 0 Å². The molecule has 4 unspecified atom stereocenters. The predicted octanol–water partition coefficient (Wildman–Crippen LogP) is 1.57. The van der Waals surface area contributed by atoms with E-state index < -0.39 is 41.6 Å². The minimum Gasteiger partial charge on any atom is -0.508 e. The first-order valence-corrected chi connectivity index (χ1v) is 14.7. The number of aliphatic hydroxyl groups excluding tert-OH is 1. The van der Waals surface area contributed by atoms with Crippen molar-refractivity contribution in [2.75, 3.05) is 13.7 Å². The first-order valence-electron chi connectivity index (χ1n) is 14.7. The summed E-state index contributed by atoms with van der Waals surface area (Å²) in [5, 5.41) is 27.7. The van der Waals surface area contributed by atoms with Crippen LogP contribution in [0.3, 0.4) is 0 Å². The van der Waals surface area contributed by atoms with Gasteiger partial charge in [0.1, 0.15) is 29.2 Å². The lowest BCUT2D eigenvalue weighted by molar-refractivity contribution is -0.134. The summed E-state index contributed by atoms with van der Waals surface area (Å²) >= 11 is 0. The maximum atomic E-state index is 13.7. The first kappa shape index (κ1) is 32.0. The summed E-state index contributed by atoms with van der Waals surface area (Å²) in [7, 11) is 1.55. The van der Waals surface area contributed by atoms with Gasteiger partial charge in [-0.2, -0.15) is 0 Å². The van der Waals surface area contributed by atoms with Gasteiger partial charge in [-0.05, 0) is 81.3 Å². The van der Waals surface area contributed by atoms with Gasteiger partial charge < -0.3 is 35.6 Å². The molecule has 3 amide bonds. The molecule has 4 atom stereocenters. The van der Waals surface area contributed by atoms with Gasteiger partial charge >= 0.3 is 0 Å². The number of rotatable bonds is 13. The third-order valence-electron chi connectivity index (χ3n) is 8.16. The van der Waals surface area contributed by atoms with E-state index in [2.05, 4.69) is 16.0 Å². The number of phenolic OH excluding ortho intramolecular Hbond substituents is 1. The van der Waals surface area contributed by atoms with Crippen molar-refractivity contribution in [1.82, 2.24) is 16.0 Å². The maximum Gasteiger partial charge on any atom is 0.243 e. The highest BCUT2D eigenvalue weighted by Gasteiger charge is 2.50. The van der Waals surface area contributed by atoms with Gasteiger partial charge in [-0.1, -0.05) is 24.3 Å². The largest absolute Gasteiger partial charge is 0.508 e. The lowest BCUT2D eigenvalue weighted by Crippen LogP contribution is -2.57. The Labute approximate surface area is 251 Å². The van der Waals surface area contributed by atoms with Crippen LogP contribution in [0.1, 0.15) is 50.7 Å². The van der Waals surface area contributed by atoms with Crippen LogP contribution in [-0.2, 0) is 36.8 Å². The SMILES string of the molecule is COc1ccc(CC(NC(=O)C(C)NC(=O)C2CCC(O)CC2)C(=O)NC(Cc2ccc(O)cc2)C(=O)C2(C)CO2)cc1. The Morgan fingerprint density at radius 2 is 1.42 bits per heavy atom. The molecular formula is C32H41N3O8. The van der Waals surface area contributed by atoms with Gasteiger partial charge in [0.05, 0.1) is 25.9 Å². The summed E-state index contributed by atoms with van der Waals surface area (Å²) in [6.45, 7) is 3.46. The number of hydrogen-bond acceptors (Lipinski definition) is 8. The lowest BCUT2D eigenvalue weighted by Gasteiger charge is -2.27. The standard InChI is InChI=1S/C32H41N3O8/c1-19(33-30(40)22-8-12-24(37)13-9-22)29(39)35-27(17-21-6-14-25(42-3)15-7-21)31(41)34-26(28(38)32(2)18-43-32)16-20-4-10-23(36)11-5-20/h4-7,10-11,14-15,19,22,24,26-27,36-37H,8-9,12-13,16-18H2,1-3H3,(H,33,40)(H,34,41)(H,35,39). The summed E-state index contributed by atoms with van der Waals surface area (Å²) in [6, 6.07) is 10.5. The van der Waals surface area contributed by atoms with E-state index in [0.717, 1.165) is 11.1 Å². The van der Waals surface area contributed by atoms with Gasteiger partial charge in [-0.25, -0.2) is 0 Å². The average molecular weight is 596 g/mol. The molecule has 4 rings (SSSR count). The number of epoxide rings is 1. The molecule has 11 nitrogen and oxygen atoms in total. The number of methoxy groups -OCH3 is 1. The third-order valence-corrected chi connectivity index (χ3v) is 8.16. The highest BCUT2D eigenvalue weighted by molar-refractivity contribution is 5.98. The van der Waals surface area contributed by atoms with Crippen LogP contribution >= 0.6 is 0 Å². The highest BCUT2D eigenvalue weighted by Crippen LogP contribution is 2.29. The number of aliphatic hydroxyl groups is 1. The number of nitrogens with one attached hydrogen (secondary N) is 3. The zero-order valence-electron chi connectivity index (χ0n) is 24.8. The number of ketones is 1. The van der Waals surface area contributed by atoms with E-state index in [1.807, 2.05) is 0 Å². The van der Waals surface area contributed by atoms with E-state index in [4.69, 9.17) is 9.47 Å². The summed E-state index contributed by atoms with van der Waals surface area (Å²) < 4.78 is 10.6. The number of phenols is 1. The molecule has 1 aliphatic heterocycles. The molecule has 0 aromatic heterocycles. The van der Waals surface area contributed by atoms with Crippen LogP contribution in [0.5, 0.6) is 11.5 Å². The summed E-state index contributed by atoms with van der Waals surface area (Å²) in [5.74, 6) is -1.23. The van der Waals surface area contributed by atoms with Crippen LogP contribution in [0, 0.1) is 5.92 Å². The molecule has 1 saturated heterocycles. The molecular weight excluding hydrogens is 554 g/mol. The van der Waals surface area contributed by atoms with E-state index in [1.54, 1.807) is 57.4 Å². The molecule has 0 radical (unpaired) electrons. The molecule has 2 fully saturated rings. The van der Waals surface area contributed by atoms with Crippen molar-refractivity contribution in [2.45, 2.75) is 82.2 Å².